The van der Waals surface area contributed by atoms with Crippen LogP contribution < -0.4 is 5.46 Å². The fourth-order valence-corrected chi connectivity index (χ4v) is 4.47. The van der Waals surface area contributed by atoms with Gasteiger partial charge in [0.05, 0.1) is 29.6 Å². The number of hydrogen-bond acceptors (Lipinski definition) is 5. The Hall–Kier alpha value is -1.31. The summed E-state index contributed by atoms with van der Waals surface area (Å²) in [5, 5.41) is 0. The molecule has 2 aliphatic heterocycles. The maximum absolute atomic E-state index is 12.5. The fourth-order valence-electron chi connectivity index (χ4n) is 2.67. The Kier molecular flexibility index (Phi) is 3.86. The predicted octanol–water partition coefficient (Wildman–Crippen LogP) is 1.53. The molecule has 0 amide bonds. The van der Waals surface area contributed by atoms with E-state index in [1.54, 1.807) is 24.3 Å². The lowest BCUT2D eigenvalue weighted by Gasteiger charge is -2.37. The molecular weight excluding hydrogens is 315 g/mol. The van der Waals surface area contributed by atoms with Gasteiger partial charge >= 0.3 is 7.12 Å². The van der Waals surface area contributed by atoms with E-state index in [0.29, 0.717) is 23.9 Å². The number of hydrogen-bond donors (Lipinski definition) is 0. The van der Waals surface area contributed by atoms with Gasteiger partial charge in [-0.05, 0) is 31.4 Å². The Morgan fingerprint density at radius 3 is 2.22 bits per heavy atom. The third-order valence-electron chi connectivity index (χ3n) is 4.27. The molecule has 23 heavy (non-hydrogen) atoms. The van der Waals surface area contributed by atoms with Crippen molar-refractivity contribution in [2.24, 2.45) is 5.41 Å². The summed E-state index contributed by atoms with van der Waals surface area (Å²) < 4.78 is 41.5. The molecule has 0 aromatic heterocycles. The van der Waals surface area contributed by atoms with Gasteiger partial charge in [-0.3, -0.25) is 0 Å². The molecule has 2 heterocycles. The van der Waals surface area contributed by atoms with E-state index in [1.165, 1.54) is 0 Å². The van der Waals surface area contributed by atoms with Crippen LogP contribution in [0, 0.1) is 5.41 Å². The summed E-state index contributed by atoms with van der Waals surface area (Å²) in [6, 6.07) is 6.67. The second kappa shape index (κ2) is 5.36. The van der Waals surface area contributed by atoms with Crippen molar-refractivity contribution in [3.63, 3.8) is 0 Å². The maximum Gasteiger partial charge on any atom is 0.563 e. The quantitative estimate of drug-likeness (QED) is 0.781. The van der Waals surface area contributed by atoms with Crippen LogP contribution >= 0.6 is 0 Å². The minimum atomic E-state index is -3.33. The van der Waals surface area contributed by atoms with Crippen LogP contribution in [0.1, 0.15) is 20.8 Å². The van der Waals surface area contributed by atoms with E-state index in [9.17, 15) is 8.42 Å². The Bertz CT molecular complexity index is 719. The molecule has 0 unspecified atom stereocenters. The van der Waals surface area contributed by atoms with Gasteiger partial charge in [0, 0.05) is 5.41 Å². The largest absolute Gasteiger partial charge is 0.563 e. The Morgan fingerprint density at radius 1 is 1.17 bits per heavy atom. The average Bonchev–Trinajstić information content (AvgIpc) is 2.71. The zero-order valence-electron chi connectivity index (χ0n) is 13.7. The molecule has 0 bridgehead atoms. The predicted molar refractivity (Wildman–Crippen MR) is 88.2 cm³/mol. The van der Waals surface area contributed by atoms with Crippen LogP contribution in [0.2, 0.25) is 0 Å². The zero-order chi connectivity index (χ0) is 16.9. The van der Waals surface area contributed by atoms with Crippen LogP contribution in [-0.2, 0) is 23.9 Å². The summed E-state index contributed by atoms with van der Waals surface area (Å²) in [6.45, 7) is 10.5. The molecule has 1 aromatic rings. The van der Waals surface area contributed by atoms with Crippen LogP contribution in [0.3, 0.4) is 0 Å². The molecule has 2 aliphatic rings. The fraction of sp³-hybridized carbons (Fsp3) is 0.500. The van der Waals surface area contributed by atoms with Crippen molar-refractivity contribution in [2.45, 2.75) is 31.3 Å². The smallest absolute Gasteiger partial charge is 0.534 e. The van der Waals surface area contributed by atoms with E-state index in [2.05, 4.69) is 6.58 Å². The van der Waals surface area contributed by atoms with Gasteiger partial charge in [-0.1, -0.05) is 25.6 Å². The van der Waals surface area contributed by atoms with Crippen LogP contribution in [-0.4, -0.2) is 40.1 Å². The summed E-state index contributed by atoms with van der Waals surface area (Å²) >= 11 is 0. The zero-order valence-corrected chi connectivity index (χ0v) is 14.5. The highest BCUT2D eigenvalue weighted by atomic mass is 32.2. The normalized spacial score (nSPS) is 22.6. The van der Waals surface area contributed by atoms with Crippen LogP contribution in [0.5, 0.6) is 0 Å². The third kappa shape index (κ3) is 3.18. The number of rotatable bonds is 4. The lowest BCUT2D eigenvalue weighted by Crippen LogP contribution is -2.45. The summed E-state index contributed by atoms with van der Waals surface area (Å²) in [5.74, 6) is 0.664. The van der Waals surface area contributed by atoms with Gasteiger partial charge in [-0.25, -0.2) is 8.42 Å². The van der Waals surface area contributed by atoms with E-state index in [0.717, 1.165) is 5.46 Å². The standard InChI is InChI=1S/C16H21BO5S/c1-12-15(2,3)22-17(21-12)13-5-7-14(8-6-13)23(18,19)11-16(4)9-20-10-16/h5-8H,1,9-11H2,2-4H3. The first kappa shape index (κ1) is 16.5. The third-order valence-corrected chi connectivity index (χ3v) is 6.34. The average molecular weight is 336 g/mol. The van der Waals surface area contributed by atoms with Crippen molar-refractivity contribution in [3.05, 3.63) is 36.6 Å². The van der Waals surface area contributed by atoms with Crippen molar-refractivity contribution in [2.75, 3.05) is 19.0 Å². The maximum atomic E-state index is 12.5. The summed E-state index contributed by atoms with van der Waals surface area (Å²) in [4.78, 5) is 0.311. The first-order chi connectivity index (χ1) is 10.6. The summed E-state index contributed by atoms with van der Waals surface area (Å²) in [5.41, 5.74) is -0.0561. The van der Waals surface area contributed by atoms with E-state index >= 15 is 0 Å². The molecule has 3 rings (SSSR count). The van der Waals surface area contributed by atoms with Gasteiger partial charge in [0.25, 0.3) is 0 Å². The van der Waals surface area contributed by atoms with E-state index in [4.69, 9.17) is 14.0 Å². The molecule has 124 valence electrons. The molecule has 0 spiro atoms. The minimum Gasteiger partial charge on any atom is -0.534 e. The molecule has 0 aliphatic carbocycles. The van der Waals surface area contributed by atoms with E-state index in [-0.39, 0.29) is 11.2 Å². The van der Waals surface area contributed by atoms with Crippen LogP contribution in [0.25, 0.3) is 0 Å². The van der Waals surface area contributed by atoms with Gasteiger partial charge in [0.1, 0.15) is 5.60 Å². The summed E-state index contributed by atoms with van der Waals surface area (Å²) in [6.07, 6.45) is 0. The van der Waals surface area contributed by atoms with E-state index in [1.807, 2.05) is 20.8 Å². The molecule has 0 radical (unpaired) electrons. The monoisotopic (exact) mass is 336 g/mol. The molecule has 1 aromatic carbocycles. The Balaban J connectivity index is 1.76. The molecule has 0 atom stereocenters. The second-order valence-electron chi connectivity index (χ2n) is 7.13. The molecule has 5 nitrogen and oxygen atoms in total. The van der Waals surface area contributed by atoms with E-state index < -0.39 is 22.6 Å². The first-order valence-electron chi connectivity index (χ1n) is 7.56. The van der Waals surface area contributed by atoms with Gasteiger partial charge < -0.3 is 14.0 Å². The number of benzene rings is 1. The Labute approximate surface area is 137 Å². The molecule has 2 fully saturated rings. The number of ether oxygens (including phenoxy) is 1. The van der Waals surface area contributed by atoms with Crippen LogP contribution in [0.4, 0.5) is 0 Å². The molecule has 7 heteroatoms. The van der Waals surface area contributed by atoms with Gasteiger partial charge in [0.2, 0.25) is 0 Å². The first-order valence-corrected chi connectivity index (χ1v) is 9.21. The van der Waals surface area contributed by atoms with Crippen LogP contribution in [0.15, 0.2) is 41.5 Å². The van der Waals surface area contributed by atoms with Crippen molar-refractivity contribution < 1.29 is 22.5 Å². The highest BCUT2D eigenvalue weighted by Crippen LogP contribution is 2.31. The highest BCUT2D eigenvalue weighted by Gasteiger charge is 2.43. The minimum absolute atomic E-state index is 0.0968. The molecule has 2 saturated heterocycles. The van der Waals surface area contributed by atoms with Crippen molar-refractivity contribution in [3.8, 4) is 0 Å². The lowest BCUT2D eigenvalue weighted by molar-refractivity contribution is -0.0870. The lowest BCUT2D eigenvalue weighted by atomic mass is 9.79. The second-order valence-corrected chi connectivity index (χ2v) is 9.12. The van der Waals surface area contributed by atoms with Gasteiger partial charge in [-0.2, -0.15) is 0 Å². The topological polar surface area (TPSA) is 61.8 Å². The van der Waals surface area contributed by atoms with Crippen molar-refractivity contribution in [1.29, 1.82) is 0 Å². The Morgan fingerprint density at radius 2 is 1.78 bits per heavy atom. The van der Waals surface area contributed by atoms with Crippen molar-refractivity contribution >= 4 is 22.4 Å². The SMILES string of the molecule is C=C1OB(c2ccc(S(=O)(=O)CC3(C)COC3)cc2)OC1(C)C. The molecule has 0 saturated carbocycles. The van der Waals surface area contributed by atoms with Gasteiger partial charge in [-0.15, -0.1) is 0 Å². The summed E-state index contributed by atoms with van der Waals surface area (Å²) in [7, 11) is -3.88. The highest BCUT2D eigenvalue weighted by molar-refractivity contribution is 7.91. The van der Waals surface area contributed by atoms with Gasteiger partial charge in [0.15, 0.2) is 9.84 Å². The molecule has 0 N–H and O–H groups in total. The van der Waals surface area contributed by atoms with Crippen molar-refractivity contribution in [1.82, 2.24) is 0 Å². The molecular formula is C16H21BO5S. The number of sulfone groups is 1.